The number of aromatic hydroxyl groups is 1. The summed E-state index contributed by atoms with van der Waals surface area (Å²) in [6.45, 7) is 0. The molecule has 5 heteroatoms. The van der Waals surface area contributed by atoms with Gasteiger partial charge >= 0.3 is 5.91 Å². The molecule has 0 spiro atoms. The number of aliphatic imine (C=N–C) groups is 1. The zero-order valence-electron chi connectivity index (χ0n) is 8.51. The molecule has 0 aromatic heterocycles. The van der Waals surface area contributed by atoms with Gasteiger partial charge in [0.2, 0.25) is 0 Å². The highest BCUT2D eigenvalue weighted by Gasteiger charge is 2.22. The summed E-state index contributed by atoms with van der Waals surface area (Å²) in [5.41, 5.74) is 0.531. The third-order valence-electron chi connectivity index (χ3n) is 2.00. The molecule has 0 saturated carbocycles. The first-order valence-electron chi connectivity index (χ1n) is 4.55. The molecule has 1 amide bonds. The Morgan fingerprint density at radius 1 is 1.44 bits per heavy atom. The monoisotopic (exact) mass is 235 g/mol. The van der Waals surface area contributed by atoms with Gasteiger partial charge in [-0.15, -0.1) is 0 Å². The summed E-state index contributed by atoms with van der Waals surface area (Å²) < 4.78 is 5.20. The lowest BCUT2D eigenvalue weighted by Gasteiger charge is -2.00. The Morgan fingerprint density at radius 2 is 2.19 bits per heavy atom. The first kappa shape index (κ1) is 10.8. The molecule has 16 heavy (non-hydrogen) atoms. The number of hydrogen-bond donors (Lipinski definition) is 1. The average molecular weight is 235 g/mol. The van der Waals surface area contributed by atoms with Gasteiger partial charge in [-0.3, -0.25) is 4.79 Å². The molecule has 0 atom stereocenters. The summed E-state index contributed by atoms with van der Waals surface area (Å²) in [5, 5.41) is 9.85. The second kappa shape index (κ2) is 4.40. The Labute approximate surface area is 96.6 Å². The molecule has 1 aliphatic heterocycles. The van der Waals surface area contributed by atoms with Crippen LogP contribution in [0.1, 0.15) is 5.56 Å². The first-order valence-corrected chi connectivity index (χ1v) is 5.78. The number of para-hydroxylation sites is 1. The zero-order valence-corrected chi connectivity index (χ0v) is 9.32. The molecule has 1 N–H and O–H groups in total. The standard InChI is InChI=1S/C11H9NO3S/c1-16-11-12-10(14)9(15-11)6-7-4-2-3-5-8(7)13/h2-6,13H,1H3. The predicted molar refractivity (Wildman–Crippen MR) is 63.1 cm³/mol. The van der Waals surface area contributed by atoms with Crippen LogP contribution in [-0.2, 0) is 9.53 Å². The van der Waals surface area contributed by atoms with Crippen LogP contribution in [0.2, 0.25) is 0 Å². The summed E-state index contributed by atoms with van der Waals surface area (Å²) >= 11 is 1.26. The van der Waals surface area contributed by atoms with Crippen LogP contribution in [0.4, 0.5) is 0 Å². The van der Waals surface area contributed by atoms with Gasteiger partial charge in [-0.1, -0.05) is 30.0 Å². The van der Waals surface area contributed by atoms with Crippen molar-refractivity contribution in [2.45, 2.75) is 0 Å². The van der Waals surface area contributed by atoms with Crippen LogP contribution in [-0.4, -0.2) is 22.5 Å². The topological polar surface area (TPSA) is 58.9 Å². The normalized spacial score (nSPS) is 17.4. The molecular weight excluding hydrogens is 226 g/mol. The SMILES string of the molecule is CSC1=NC(=O)C(=Cc2ccccc2O)O1. The fourth-order valence-corrected chi connectivity index (χ4v) is 1.58. The van der Waals surface area contributed by atoms with Gasteiger partial charge in [0, 0.05) is 5.56 Å². The van der Waals surface area contributed by atoms with Crippen molar-refractivity contribution in [1.29, 1.82) is 0 Å². The minimum Gasteiger partial charge on any atom is -0.507 e. The molecule has 1 aromatic carbocycles. The number of carbonyl (C=O) groups excluding carboxylic acids is 1. The van der Waals surface area contributed by atoms with E-state index in [1.807, 2.05) is 0 Å². The van der Waals surface area contributed by atoms with E-state index in [1.165, 1.54) is 17.8 Å². The van der Waals surface area contributed by atoms with Gasteiger partial charge in [-0.2, -0.15) is 4.99 Å². The molecule has 2 rings (SSSR count). The molecule has 0 bridgehead atoms. The van der Waals surface area contributed by atoms with Gasteiger partial charge in [0.1, 0.15) is 5.75 Å². The number of amides is 1. The molecule has 4 nitrogen and oxygen atoms in total. The second-order valence-electron chi connectivity index (χ2n) is 3.06. The van der Waals surface area contributed by atoms with E-state index in [-0.39, 0.29) is 11.5 Å². The maximum atomic E-state index is 11.4. The lowest BCUT2D eigenvalue weighted by molar-refractivity contribution is -0.115. The zero-order chi connectivity index (χ0) is 11.5. The molecule has 0 fully saturated rings. The van der Waals surface area contributed by atoms with Crippen LogP contribution in [0.25, 0.3) is 6.08 Å². The van der Waals surface area contributed by atoms with Crippen LogP contribution in [0.3, 0.4) is 0 Å². The number of hydrogen-bond acceptors (Lipinski definition) is 4. The smallest absolute Gasteiger partial charge is 0.316 e. The summed E-state index contributed by atoms with van der Waals surface area (Å²) in [7, 11) is 0. The third-order valence-corrected chi connectivity index (χ3v) is 2.52. The fraction of sp³-hybridized carbons (Fsp3) is 0.0909. The number of benzene rings is 1. The molecule has 0 aliphatic carbocycles. The summed E-state index contributed by atoms with van der Waals surface area (Å²) in [6.07, 6.45) is 3.25. The van der Waals surface area contributed by atoms with Gasteiger partial charge in [0.15, 0.2) is 5.76 Å². The summed E-state index contributed by atoms with van der Waals surface area (Å²) in [5.74, 6) is -0.192. The quantitative estimate of drug-likeness (QED) is 0.756. The fourth-order valence-electron chi connectivity index (χ4n) is 1.23. The molecule has 82 valence electrons. The van der Waals surface area contributed by atoms with Gasteiger partial charge in [-0.05, 0) is 18.4 Å². The number of carbonyl (C=O) groups is 1. The molecule has 0 radical (unpaired) electrons. The Morgan fingerprint density at radius 3 is 2.81 bits per heavy atom. The van der Waals surface area contributed by atoms with Gasteiger partial charge < -0.3 is 9.84 Å². The third kappa shape index (κ3) is 2.09. The van der Waals surface area contributed by atoms with E-state index in [2.05, 4.69) is 4.99 Å². The number of phenols is 1. The Bertz CT molecular complexity index is 494. The second-order valence-corrected chi connectivity index (χ2v) is 3.81. The van der Waals surface area contributed by atoms with Crippen molar-refractivity contribution in [3.8, 4) is 5.75 Å². The van der Waals surface area contributed by atoms with Crippen LogP contribution in [0.5, 0.6) is 5.75 Å². The summed E-state index contributed by atoms with van der Waals surface area (Å²) in [6, 6.07) is 6.71. The van der Waals surface area contributed by atoms with E-state index >= 15 is 0 Å². The number of ether oxygens (including phenoxy) is 1. The van der Waals surface area contributed by atoms with Crippen molar-refractivity contribution in [2.75, 3.05) is 6.26 Å². The molecular formula is C11H9NO3S. The lowest BCUT2D eigenvalue weighted by atomic mass is 10.2. The van der Waals surface area contributed by atoms with E-state index in [4.69, 9.17) is 4.74 Å². The first-order chi connectivity index (χ1) is 7.70. The minimum absolute atomic E-state index is 0.101. The van der Waals surface area contributed by atoms with Crippen molar-refractivity contribution >= 4 is 29.0 Å². The van der Waals surface area contributed by atoms with Crippen LogP contribution in [0.15, 0.2) is 35.0 Å². The van der Waals surface area contributed by atoms with E-state index in [0.717, 1.165) is 0 Å². The molecule has 0 unspecified atom stereocenters. The Balaban J connectivity index is 2.28. The van der Waals surface area contributed by atoms with Crippen molar-refractivity contribution < 1.29 is 14.6 Å². The number of nitrogens with zero attached hydrogens (tertiary/aromatic N) is 1. The molecule has 1 aliphatic rings. The van der Waals surface area contributed by atoms with E-state index in [9.17, 15) is 9.90 Å². The summed E-state index contributed by atoms with van der Waals surface area (Å²) in [4.78, 5) is 15.1. The largest absolute Gasteiger partial charge is 0.507 e. The molecule has 0 saturated heterocycles. The Hall–Kier alpha value is -1.75. The highest BCUT2D eigenvalue weighted by Crippen LogP contribution is 2.23. The van der Waals surface area contributed by atoms with Crippen molar-refractivity contribution in [3.63, 3.8) is 0 Å². The molecule has 1 heterocycles. The highest BCUT2D eigenvalue weighted by molar-refractivity contribution is 8.13. The van der Waals surface area contributed by atoms with Gasteiger partial charge in [0.05, 0.1) is 0 Å². The maximum absolute atomic E-state index is 11.4. The Kier molecular flexibility index (Phi) is 2.96. The van der Waals surface area contributed by atoms with E-state index < -0.39 is 5.91 Å². The van der Waals surface area contributed by atoms with Gasteiger partial charge in [0.25, 0.3) is 5.23 Å². The number of phenolic OH excluding ortho intramolecular Hbond substituents is 1. The molecule has 1 aromatic rings. The lowest BCUT2D eigenvalue weighted by Crippen LogP contribution is -1.94. The average Bonchev–Trinajstić information content (AvgIpc) is 2.63. The van der Waals surface area contributed by atoms with Crippen LogP contribution < -0.4 is 0 Å². The van der Waals surface area contributed by atoms with Crippen LogP contribution in [0, 0.1) is 0 Å². The van der Waals surface area contributed by atoms with Crippen molar-refractivity contribution in [3.05, 3.63) is 35.6 Å². The van der Waals surface area contributed by atoms with E-state index in [1.54, 1.807) is 30.5 Å². The minimum atomic E-state index is -0.424. The van der Waals surface area contributed by atoms with Gasteiger partial charge in [-0.25, -0.2) is 0 Å². The van der Waals surface area contributed by atoms with Crippen LogP contribution >= 0.6 is 11.8 Å². The predicted octanol–water partition coefficient (Wildman–Crippen LogP) is 2.01. The van der Waals surface area contributed by atoms with E-state index in [0.29, 0.717) is 10.8 Å². The number of rotatable bonds is 1. The van der Waals surface area contributed by atoms with Crippen molar-refractivity contribution in [2.24, 2.45) is 4.99 Å². The number of thioether (sulfide) groups is 1. The maximum Gasteiger partial charge on any atom is 0.316 e. The highest BCUT2D eigenvalue weighted by atomic mass is 32.2. The van der Waals surface area contributed by atoms with Crippen molar-refractivity contribution in [1.82, 2.24) is 0 Å².